The molecule has 0 atom stereocenters. The summed E-state index contributed by atoms with van der Waals surface area (Å²) in [5.74, 6) is 0.208. The molecule has 2 aromatic heterocycles. The predicted molar refractivity (Wildman–Crippen MR) is 116 cm³/mol. The molecule has 146 valence electrons. The molecule has 6 nitrogen and oxygen atoms in total. The molecule has 0 aliphatic heterocycles. The number of hydrogen-bond acceptors (Lipinski definition) is 4. The van der Waals surface area contributed by atoms with E-state index in [9.17, 15) is 4.79 Å². The van der Waals surface area contributed by atoms with E-state index in [1.165, 1.54) is 10.9 Å². The van der Waals surface area contributed by atoms with Gasteiger partial charge >= 0.3 is 0 Å². The van der Waals surface area contributed by atoms with E-state index in [1.54, 1.807) is 6.07 Å². The minimum absolute atomic E-state index is 0.206. The molecule has 2 aromatic carbocycles. The van der Waals surface area contributed by atoms with E-state index in [2.05, 4.69) is 31.7 Å². The highest BCUT2D eigenvalue weighted by Gasteiger charge is 2.11. The number of fused-ring (bicyclic) bond motifs is 1. The summed E-state index contributed by atoms with van der Waals surface area (Å²) < 4.78 is 0. The first kappa shape index (κ1) is 18.7. The summed E-state index contributed by atoms with van der Waals surface area (Å²) in [6.07, 6.45) is 2.74. The zero-order valence-electron chi connectivity index (χ0n) is 16.5. The van der Waals surface area contributed by atoms with Crippen molar-refractivity contribution in [1.29, 1.82) is 0 Å². The van der Waals surface area contributed by atoms with Crippen LogP contribution in [0.5, 0.6) is 0 Å². The molecule has 2 heterocycles. The number of aromatic amines is 1. The van der Waals surface area contributed by atoms with Crippen LogP contribution >= 0.6 is 0 Å². The SMILES string of the molecule is Cc1cccc(Nc2nc(C)cc(C(=O)NCCc3c[nH]c4ccccc34)n2)c1. The maximum absolute atomic E-state index is 12.6. The van der Waals surface area contributed by atoms with Crippen LogP contribution in [0.25, 0.3) is 10.9 Å². The van der Waals surface area contributed by atoms with Crippen LogP contribution in [0.1, 0.15) is 27.3 Å². The van der Waals surface area contributed by atoms with Crippen molar-refractivity contribution in [2.75, 3.05) is 11.9 Å². The Hall–Kier alpha value is -3.67. The standard InChI is InChI=1S/C23H23N5O/c1-15-6-5-7-18(12-15)27-23-26-16(2)13-21(28-23)22(29)24-11-10-17-14-25-20-9-4-3-8-19(17)20/h3-9,12-14,25H,10-11H2,1-2H3,(H,24,29)(H,26,27,28). The Bertz CT molecular complexity index is 1160. The quantitative estimate of drug-likeness (QED) is 0.462. The van der Waals surface area contributed by atoms with Crippen molar-refractivity contribution in [3.05, 3.63) is 83.3 Å². The highest BCUT2D eigenvalue weighted by molar-refractivity contribution is 5.92. The minimum atomic E-state index is -0.206. The van der Waals surface area contributed by atoms with Crippen LogP contribution in [0, 0.1) is 13.8 Å². The Labute approximate surface area is 169 Å². The summed E-state index contributed by atoms with van der Waals surface area (Å²) in [4.78, 5) is 24.6. The van der Waals surface area contributed by atoms with Crippen molar-refractivity contribution in [2.24, 2.45) is 0 Å². The van der Waals surface area contributed by atoms with E-state index in [-0.39, 0.29) is 5.91 Å². The second-order valence-corrected chi connectivity index (χ2v) is 7.08. The third-order valence-electron chi connectivity index (χ3n) is 4.72. The minimum Gasteiger partial charge on any atom is -0.361 e. The van der Waals surface area contributed by atoms with Gasteiger partial charge in [-0.25, -0.2) is 9.97 Å². The summed E-state index contributed by atoms with van der Waals surface area (Å²) >= 11 is 0. The fourth-order valence-electron chi connectivity index (χ4n) is 3.33. The Kier molecular flexibility index (Phi) is 5.24. The number of aryl methyl sites for hydroxylation is 2. The fraction of sp³-hybridized carbons (Fsp3) is 0.174. The average molecular weight is 385 g/mol. The van der Waals surface area contributed by atoms with E-state index in [0.29, 0.717) is 18.2 Å². The second kappa shape index (κ2) is 8.14. The van der Waals surface area contributed by atoms with Gasteiger partial charge in [-0.2, -0.15) is 0 Å². The Balaban J connectivity index is 1.42. The first-order chi connectivity index (χ1) is 14.1. The lowest BCUT2D eigenvalue weighted by Gasteiger charge is -2.09. The number of carbonyl (C=O) groups excluding carboxylic acids is 1. The van der Waals surface area contributed by atoms with Gasteiger partial charge in [0.25, 0.3) is 5.91 Å². The number of carbonyl (C=O) groups is 1. The summed E-state index contributed by atoms with van der Waals surface area (Å²) in [7, 11) is 0. The molecule has 1 amide bonds. The number of anilines is 2. The molecule has 4 aromatic rings. The monoisotopic (exact) mass is 385 g/mol. The lowest BCUT2D eigenvalue weighted by molar-refractivity contribution is 0.0949. The topological polar surface area (TPSA) is 82.7 Å². The lowest BCUT2D eigenvalue weighted by Crippen LogP contribution is -2.27. The smallest absolute Gasteiger partial charge is 0.270 e. The molecule has 3 N–H and O–H groups in total. The zero-order valence-corrected chi connectivity index (χ0v) is 16.5. The van der Waals surface area contributed by atoms with Gasteiger partial charge in [0.05, 0.1) is 0 Å². The first-order valence-corrected chi connectivity index (χ1v) is 9.61. The van der Waals surface area contributed by atoms with Crippen molar-refractivity contribution in [3.63, 3.8) is 0 Å². The number of hydrogen-bond donors (Lipinski definition) is 3. The van der Waals surface area contributed by atoms with E-state index >= 15 is 0 Å². The first-order valence-electron chi connectivity index (χ1n) is 9.61. The fourth-order valence-corrected chi connectivity index (χ4v) is 3.33. The molecule has 0 fully saturated rings. The van der Waals surface area contributed by atoms with E-state index in [4.69, 9.17) is 0 Å². The van der Waals surface area contributed by atoms with Crippen molar-refractivity contribution < 1.29 is 4.79 Å². The van der Waals surface area contributed by atoms with Crippen LogP contribution in [0.4, 0.5) is 11.6 Å². The summed E-state index contributed by atoms with van der Waals surface area (Å²) in [6, 6.07) is 17.8. The van der Waals surface area contributed by atoms with Crippen molar-refractivity contribution in [3.8, 4) is 0 Å². The van der Waals surface area contributed by atoms with Crippen LogP contribution < -0.4 is 10.6 Å². The molecule has 0 aliphatic rings. The number of benzene rings is 2. The number of para-hydroxylation sites is 1. The Morgan fingerprint density at radius 2 is 1.90 bits per heavy atom. The number of amides is 1. The number of H-pyrrole nitrogens is 1. The summed E-state index contributed by atoms with van der Waals surface area (Å²) in [6.45, 7) is 4.41. The van der Waals surface area contributed by atoms with Gasteiger partial charge in [-0.05, 0) is 55.7 Å². The second-order valence-electron chi connectivity index (χ2n) is 7.08. The number of nitrogens with zero attached hydrogens (tertiary/aromatic N) is 2. The summed E-state index contributed by atoms with van der Waals surface area (Å²) in [5, 5.41) is 7.32. The molecule has 0 saturated carbocycles. The van der Waals surface area contributed by atoms with Crippen LogP contribution in [-0.4, -0.2) is 27.4 Å². The Morgan fingerprint density at radius 3 is 2.76 bits per heavy atom. The maximum atomic E-state index is 12.6. The van der Waals surface area contributed by atoms with Gasteiger partial charge in [-0.3, -0.25) is 4.79 Å². The van der Waals surface area contributed by atoms with Gasteiger partial charge in [0.2, 0.25) is 5.95 Å². The van der Waals surface area contributed by atoms with Crippen molar-refractivity contribution >= 4 is 28.4 Å². The van der Waals surface area contributed by atoms with Crippen LogP contribution in [0.15, 0.2) is 60.8 Å². The van der Waals surface area contributed by atoms with Crippen molar-refractivity contribution in [1.82, 2.24) is 20.3 Å². The molecule has 0 unspecified atom stereocenters. The molecule has 6 heteroatoms. The highest BCUT2D eigenvalue weighted by Crippen LogP contribution is 2.18. The van der Waals surface area contributed by atoms with Crippen LogP contribution in [-0.2, 0) is 6.42 Å². The van der Waals surface area contributed by atoms with Gasteiger partial charge in [0, 0.05) is 35.0 Å². The molecule has 0 radical (unpaired) electrons. The third kappa shape index (κ3) is 4.43. The zero-order chi connectivity index (χ0) is 20.2. The number of aromatic nitrogens is 3. The van der Waals surface area contributed by atoms with E-state index in [0.717, 1.165) is 28.9 Å². The predicted octanol–water partition coefficient (Wildman–Crippen LogP) is 4.29. The van der Waals surface area contributed by atoms with Crippen LogP contribution in [0.3, 0.4) is 0 Å². The van der Waals surface area contributed by atoms with Crippen LogP contribution in [0.2, 0.25) is 0 Å². The molecular formula is C23H23N5O. The molecule has 4 rings (SSSR count). The normalized spacial score (nSPS) is 10.8. The maximum Gasteiger partial charge on any atom is 0.270 e. The number of rotatable bonds is 6. The lowest BCUT2D eigenvalue weighted by atomic mass is 10.1. The molecule has 29 heavy (non-hydrogen) atoms. The van der Waals surface area contributed by atoms with Gasteiger partial charge in [-0.15, -0.1) is 0 Å². The molecule has 0 spiro atoms. The Morgan fingerprint density at radius 1 is 1.03 bits per heavy atom. The van der Waals surface area contributed by atoms with E-state index in [1.807, 2.05) is 62.5 Å². The van der Waals surface area contributed by atoms with Crippen molar-refractivity contribution in [2.45, 2.75) is 20.3 Å². The summed E-state index contributed by atoms with van der Waals surface area (Å²) in [5.41, 5.74) is 5.40. The highest BCUT2D eigenvalue weighted by atomic mass is 16.1. The van der Waals surface area contributed by atoms with E-state index < -0.39 is 0 Å². The van der Waals surface area contributed by atoms with Gasteiger partial charge < -0.3 is 15.6 Å². The molecular weight excluding hydrogens is 362 g/mol. The molecule has 0 bridgehead atoms. The average Bonchev–Trinajstić information content (AvgIpc) is 3.11. The number of nitrogens with one attached hydrogen (secondary N) is 3. The third-order valence-corrected chi connectivity index (χ3v) is 4.72. The van der Waals surface area contributed by atoms with Gasteiger partial charge in [0.1, 0.15) is 5.69 Å². The van der Waals surface area contributed by atoms with Gasteiger partial charge in [-0.1, -0.05) is 30.3 Å². The molecule has 0 aliphatic carbocycles. The largest absolute Gasteiger partial charge is 0.361 e. The molecule has 0 saturated heterocycles. The van der Waals surface area contributed by atoms with Gasteiger partial charge in [0.15, 0.2) is 0 Å².